The van der Waals surface area contributed by atoms with Gasteiger partial charge in [-0.1, -0.05) is 37.0 Å². The fraction of sp³-hybridized carbons (Fsp3) is 0.391. The number of aromatic nitrogens is 2. The van der Waals surface area contributed by atoms with E-state index < -0.39 is 0 Å². The number of halogens is 2. The van der Waals surface area contributed by atoms with E-state index in [4.69, 9.17) is 32.4 Å². The van der Waals surface area contributed by atoms with E-state index in [1.165, 1.54) is 0 Å². The van der Waals surface area contributed by atoms with Crippen molar-refractivity contribution in [3.05, 3.63) is 68.8 Å². The lowest BCUT2D eigenvalue weighted by atomic mass is 10.0. The van der Waals surface area contributed by atoms with Gasteiger partial charge in [0.25, 0.3) is 5.91 Å². The Morgan fingerprint density at radius 1 is 1.26 bits per heavy atom. The number of carbonyl (C=O) groups excluding carboxylic acids is 1. The average Bonchev–Trinajstić information content (AvgIpc) is 3.34. The lowest BCUT2D eigenvalue weighted by molar-refractivity contribution is 0.0745. The van der Waals surface area contributed by atoms with Crippen LogP contribution in [0.3, 0.4) is 0 Å². The molecule has 2 heterocycles. The zero-order valence-corrected chi connectivity index (χ0v) is 19.9. The highest BCUT2D eigenvalue weighted by atomic mass is 35.5. The molecule has 0 aliphatic carbocycles. The first-order valence-electron chi connectivity index (χ1n) is 10.2. The van der Waals surface area contributed by atoms with Crippen molar-refractivity contribution in [1.29, 1.82) is 0 Å². The summed E-state index contributed by atoms with van der Waals surface area (Å²) in [6.07, 6.45) is 1.59. The number of hydrogen-bond donors (Lipinski definition) is 0. The van der Waals surface area contributed by atoms with Crippen molar-refractivity contribution < 1.29 is 13.9 Å². The standard InChI is InChI=1S/C23H27Cl2N3O3/c1-6-28-20(19(25)11-26-28)12-27(5)23(29)21-8-7-16(31-21)13-30-22-9-15(4)18(24)10-17(22)14(2)3/h7-11,14H,6,12-13H2,1-5H3. The van der Waals surface area contributed by atoms with Crippen LogP contribution in [0.1, 0.15) is 59.8 Å². The summed E-state index contributed by atoms with van der Waals surface area (Å²) in [7, 11) is 1.70. The number of aryl methyl sites for hydroxylation is 2. The van der Waals surface area contributed by atoms with Crippen molar-refractivity contribution in [2.75, 3.05) is 7.05 Å². The minimum Gasteiger partial charge on any atom is -0.485 e. The van der Waals surface area contributed by atoms with Crippen LogP contribution >= 0.6 is 23.2 Å². The topological polar surface area (TPSA) is 60.5 Å². The largest absolute Gasteiger partial charge is 0.485 e. The Morgan fingerprint density at radius 2 is 2.00 bits per heavy atom. The van der Waals surface area contributed by atoms with Crippen molar-refractivity contribution in [3.63, 3.8) is 0 Å². The van der Waals surface area contributed by atoms with Crippen LogP contribution in [-0.2, 0) is 19.7 Å². The second-order valence-corrected chi connectivity index (χ2v) is 8.58. The van der Waals surface area contributed by atoms with Crippen LogP contribution in [-0.4, -0.2) is 27.6 Å². The number of furan rings is 1. The van der Waals surface area contributed by atoms with E-state index in [1.54, 1.807) is 35.0 Å². The van der Waals surface area contributed by atoms with E-state index in [1.807, 2.05) is 26.0 Å². The Morgan fingerprint density at radius 3 is 2.68 bits per heavy atom. The van der Waals surface area contributed by atoms with Crippen LogP contribution in [0.25, 0.3) is 0 Å². The van der Waals surface area contributed by atoms with Crippen LogP contribution in [0.5, 0.6) is 5.75 Å². The molecule has 0 unspecified atom stereocenters. The fourth-order valence-electron chi connectivity index (χ4n) is 3.27. The molecule has 3 rings (SSSR count). The molecule has 6 nitrogen and oxygen atoms in total. The predicted molar refractivity (Wildman–Crippen MR) is 122 cm³/mol. The normalized spacial score (nSPS) is 11.2. The highest BCUT2D eigenvalue weighted by Gasteiger charge is 2.20. The first kappa shape index (κ1) is 23.2. The van der Waals surface area contributed by atoms with Gasteiger partial charge >= 0.3 is 0 Å². The molecule has 1 aromatic carbocycles. The molecule has 0 fully saturated rings. The first-order valence-corrected chi connectivity index (χ1v) is 10.9. The maximum absolute atomic E-state index is 12.8. The summed E-state index contributed by atoms with van der Waals surface area (Å²) in [6, 6.07) is 7.28. The summed E-state index contributed by atoms with van der Waals surface area (Å²) in [5, 5.41) is 5.46. The first-order chi connectivity index (χ1) is 14.7. The summed E-state index contributed by atoms with van der Waals surface area (Å²) in [5.74, 6) is 1.60. The van der Waals surface area contributed by atoms with Gasteiger partial charge in [-0.3, -0.25) is 9.48 Å². The molecule has 0 aliphatic heterocycles. The van der Waals surface area contributed by atoms with E-state index >= 15 is 0 Å². The molecule has 2 aromatic heterocycles. The number of carbonyl (C=O) groups is 1. The lowest BCUT2D eigenvalue weighted by Gasteiger charge is -2.17. The number of rotatable bonds is 8. The third-order valence-electron chi connectivity index (χ3n) is 5.09. The highest BCUT2D eigenvalue weighted by molar-refractivity contribution is 6.31. The Bertz CT molecular complexity index is 1070. The van der Waals surface area contributed by atoms with Crippen molar-refractivity contribution in [2.45, 2.75) is 53.3 Å². The minimum atomic E-state index is -0.239. The summed E-state index contributed by atoms with van der Waals surface area (Å²) < 4.78 is 13.5. The third-order valence-corrected chi connectivity index (χ3v) is 5.81. The van der Waals surface area contributed by atoms with Gasteiger partial charge in [0, 0.05) is 18.6 Å². The Labute approximate surface area is 192 Å². The number of ether oxygens (including phenoxy) is 1. The Hall–Kier alpha value is -2.44. The second kappa shape index (κ2) is 9.79. The predicted octanol–water partition coefficient (Wildman–Crippen LogP) is 6.09. The highest BCUT2D eigenvalue weighted by Crippen LogP contribution is 2.32. The molecule has 3 aromatic rings. The summed E-state index contributed by atoms with van der Waals surface area (Å²) in [6.45, 7) is 9.31. The van der Waals surface area contributed by atoms with Crippen LogP contribution < -0.4 is 4.74 Å². The Balaban J connectivity index is 1.68. The summed E-state index contributed by atoms with van der Waals surface area (Å²) in [4.78, 5) is 14.4. The van der Waals surface area contributed by atoms with E-state index in [9.17, 15) is 4.79 Å². The van der Waals surface area contributed by atoms with Gasteiger partial charge < -0.3 is 14.1 Å². The number of amides is 1. The third kappa shape index (κ3) is 5.25. The summed E-state index contributed by atoms with van der Waals surface area (Å²) in [5.41, 5.74) is 2.76. The molecule has 0 radical (unpaired) electrons. The molecule has 0 saturated heterocycles. The maximum atomic E-state index is 12.8. The maximum Gasteiger partial charge on any atom is 0.289 e. The van der Waals surface area contributed by atoms with Gasteiger partial charge in [-0.05, 0) is 55.2 Å². The molecule has 166 valence electrons. The molecule has 0 spiro atoms. The Kier molecular flexibility index (Phi) is 7.34. The molecule has 31 heavy (non-hydrogen) atoms. The fourth-order valence-corrected chi connectivity index (χ4v) is 3.64. The van der Waals surface area contributed by atoms with Crippen molar-refractivity contribution in [2.24, 2.45) is 0 Å². The number of hydrogen-bond acceptors (Lipinski definition) is 4. The van der Waals surface area contributed by atoms with Gasteiger partial charge in [0.1, 0.15) is 18.1 Å². The van der Waals surface area contributed by atoms with Crippen molar-refractivity contribution in [3.8, 4) is 5.75 Å². The molecule has 1 amide bonds. The molecule has 0 N–H and O–H groups in total. The van der Waals surface area contributed by atoms with Gasteiger partial charge in [-0.2, -0.15) is 5.10 Å². The second-order valence-electron chi connectivity index (χ2n) is 7.76. The average molecular weight is 464 g/mol. The summed E-state index contributed by atoms with van der Waals surface area (Å²) >= 11 is 12.5. The lowest BCUT2D eigenvalue weighted by Crippen LogP contribution is -2.27. The zero-order chi connectivity index (χ0) is 22.7. The van der Waals surface area contributed by atoms with E-state index in [-0.39, 0.29) is 24.2 Å². The van der Waals surface area contributed by atoms with Crippen LogP contribution in [0, 0.1) is 6.92 Å². The quantitative estimate of drug-likeness (QED) is 0.405. The van der Waals surface area contributed by atoms with Gasteiger partial charge in [0.15, 0.2) is 5.76 Å². The van der Waals surface area contributed by atoms with Crippen LogP contribution in [0.15, 0.2) is 34.9 Å². The smallest absolute Gasteiger partial charge is 0.289 e. The number of nitrogens with zero attached hydrogens (tertiary/aromatic N) is 3. The van der Waals surface area contributed by atoms with Crippen LogP contribution in [0.2, 0.25) is 10.0 Å². The molecule has 0 saturated carbocycles. The molecule has 8 heteroatoms. The van der Waals surface area contributed by atoms with Gasteiger partial charge in [0.05, 0.1) is 23.5 Å². The minimum absolute atomic E-state index is 0.215. The van der Waals surface area contributed by atoms with Crippen molar-refractivity contribution in [1.82, 2.24) is 14.7 Å². The molecule has 0 aliphatic rings. The van der Waals surface area contributed by atoms with E-state index in [0.717, 1.165) is 27.6 Å². The van der Waals surface area contributed by atoms with E-state index in [0.29, 0.717) is 23.9 Å². The van der Waals surface area contributed by atoms with Gasteiger partial charge in [0.2, 0.25) is 0 Å². The molecular weight excluding hydrogens is 437 g/mol. The zero-order valence-electron chi connectivity index (χ0n) is 18.4. The van der Waals surface area contributed by atoms with Gasteiger partial charge in [-0.25, -0.2) is 0 Å². The SMILES string of the molecule is CCn1ncc(Cl)c1CN(C)C(=O)c1ccc(COc2cc(C)c(Cl)cc2C(C)C)o1. The van der Waals surface area contributed by atoms with Gasteiger partial charge in [-0.15, -0.1) is 0 Å². The van der Waals surface area contributed by atoms with Crippen LogP contribution in [0.4, 0.5) is 0 Å². The number of benzene rings is 1. The molecular formula is C23H27Cl2N3O3. The van der Waals surface area contributed by atoms with Crippen molar-refractivity contribution >= 4 is 29.1 Å². The molecule has 0 atom stereocenters. The van der Waals surface area contributed by atoms with E-state index in [2.05, 4.69) is 18.9 Å². The molecule has 0 bridgehead atoms. The monoisotopic (exact) mass is 463 g/mol.